The number of carbonyl (C=O) groups is 1. The number of hydrogen-bond acceptors (Lipinski definition) is 5. The van der Waals surface area contributed by atoms with Crippen LogP contribution in [0.4, 0.5) is 11.4 Å². The Labute approximate surface area is 193 Å². The quantitative estimate of drug-likeness (QED) is 0.448. The Bertz CT molecular complexity index is 1180. The van der Waals surface area contributed by atoms with E-state index in [1.807, 2.05) is 38.3 Å². The molecule has 0 aliphatic rings. The molecule has 32 heavy (non-hydrogen) atoms. The van der Waals surface area contributed by atoms with E-state index in [1.54, 1.807) is 66.4 Å². The number of sulfonamides is 1. The summed E-state index contributed by atoms with van der Waals surface area (Å²) in [6, 6.07) is 20.7. The molecule has 0 radical (unpaired) electrons. The van der Waals surface area contributed by atoms with Gasteiger partial charge in [0.2, 0.25) is 5.91 Å². The molecule has 3 aromatic rings. The molecule has 0 aliphatic heterocycles. The van der Waals surface area contributed by atoms with E-state index in [9.17, 15) is 13.2 Å². The normalized spacial score (nSPS) is 11.1. The van der Waals surface area contributed by atoms with Gasteiger partial charge in [0.25, 0.3) is 10.0 Å². The van der Waals surface area contributed by atoms with E-state index in [2.05, 4.69) is 5.32 Å². The largest absolute Gasteiger partial charge is 0.492 e. The molecule has 3 aromatic carbocycles. The van der Waals surface area contributed by atoms with Gasteiger partial charge in [-0.3, -0.25) is 9.10 Å². The number of thioether (sulfide) groups is 1. The van der Waals surface area contributed by atoms with Crippen molar-refractivity contribution in [2.24, 2.45) is 0 Å². The van der Waals surface area contributed by atoms with Crippen LogP contribution in [-0.2, 0) is 14.8 Å². The minimum absolute atomic E-state index is 0.103. The number of carbonyl (C=O) groups excluding carboxylic acids is 1. The number of para-hydroxylation sites is 2. The molecule has 0 saturated heterocycles. The van der Waals surface area contributed by atoms with E-state index < -0.39 is 22.5 Å². The second-order valence-corrected chi connectivity index (χ2v) is 9.75. The number of hydrogen-bond donors (Lipinski definition) is 1. The minimum Gasteiger partial charge on any atom is -0.492 e. The molecule has 0 aromatic heterocycles. The zero-order chi connectivity index (χ0) is 23.1. The SMILES string of the molecule is CCOc1ccccc1N(CC(=O)Nc1cccc(SC)c1)S(=O)(=O)c1ccc(C)cc1. The van der Waals surface area contributed by atoms with Gasteiger partial charge in [0, 0.05) is 10.6 Å². The summed E-state index contributed by atoms with van der Waals surface area (Å²) in [6.45, 7) is 3.67. The summed E-state index contributed by atoms with van der Waals surface area (Å²) in [5.41, 5.74) is 1.85. The molecule has 0 atom stereocenters. The summed E-state index contributed by atoms with van der Waals surface area (Å²) < 4.78 is 33.9. The molecular weight excluding hydrogens is 444 g/mol. The second kappa shape index (κ2) is 10.6. The molecular formula is C24H26N2O4S2. The molecule has 0 saturated carbocycles. The first kappa shape index (κ1) is 23.7. The fourth-order valence-electron chi connectivity index (χ4n) is 3.11. The standard InChI is InChI=1S/C24H26N2O4S2/c1-4-30-23-11-6-5-10-22(23)26(32(28,29)21-14-12-18(2)13-15-21)17-24(27)25-19-8-7-9-20(16-19)31-3/h5-16H,4,17H2,1-3H3,(H,25,27). The van der Waals surface area contributed by atoms with Crippen molar-refractivity contribution >= 4 is 39.1 Å². The summed E-state index contributed by atoms with van der Waals surface area (Å²) in [7, 11) is -4.02. The van der Waals surface area contributed by atoms with Gasteiger partial charge in [0.1, 0.15) is 12.3 Å². The second-order valence-electron chi connectivity index (χ2n) is 7.01. The van der Waals surface area contributed by atoms with Crippen molar-refractivity contribution in [3.05, 3.63) is 78.4 Å². The molecule has 1 N–H and O–H groups in total. The van der Waals surface area contributed by atoms with Crippen molar-refractivity contribution in [1.29, 1.82) is 0 Å². The molecule has 0 bridgehead atoms. The van der Waals surface area contributed by atoms with Crippen molar-refractivity contribution in [2.45, 2.75) is 23.6 Å². The number of rotatable bonds is 9. The van der Waals surface area contributed by atoms with Gasteiger partial charge in [-0.15, -0.1) is 11.8 Å². The lowest BCUT2D eigenvalue weighted by molar-refractivity contribution is -0.114. The van der Waals surface area contributed by atoms with Gasteiger partial charge in [-0.25, -0.2) is 8.42 Å². The molecule has 6 nitrogen and oxygen atoms in total. The Hall–Kier alpha value is -2.97. The van der Waals surface area contributed by atoms with E-state index >= 15 is 0 Å². The Balaban J connectivity index is 1.99. The van der Waals surface area contributed by atoms with Crippen LogP contribution >= 0.6 is 11.8 Å². The molecule has 3 rings (SSSR count). The molecule has 1 amide bonds. The number of ether oxygens (including phenoxy) is 1. The predicted molar refractivity (Wildman–Crippen MR) is 130 cm³/mol. The van der Waals surface area contributed by atoms with Gasteiger partial charge in [-0.05, 0) is 62.6 Å². The molecule has 0 fully saturated rings. The minimum atomic E-state index is -4.02. The maximum Gasteiger partial charge on any atom is 0.264 e. The van der Waals surface area contributed by atoms with E-state index in [-0.39, 0.29) is 4.90 Å². The highest BCUT2D eigenvalue weighted by atomic mass is 32.2. The van der Waals surface area contributed by atoms with Gasteiger partial charge in [-0.2, -0.15) is 0 Å². The van der Waals surface area contributed by atoms with Crippen molar-refractivity contribution in [3.8, 4) is 5.75 Å². The smallest absolute Gasteiger partial charge is 0.264 e. The first-order chi connectivity index (χ1) is 15.3. The summed E-state index contributed by atoms with van der Waals surface area (Å²) >= 11 is 1.56. The highest BCUT2D eigenvalue weighted by Crippen LogP contribution is 2.32. The van der Waals surface area contributed by atoms with Crippen LogP contribution in [0.2, 0.25) is 0 Å². The van der Waals surface area contributed by atoms with Crippen molar-refractivity contribution in [2.75, 3.05) is 29.0 Å². The predicted octanol–water partition coefficient (Wildman–Crippen LogP) is 4.95. The van der Waals surface area contributed by atoms with Gasteiger partial charge >= 0.3 is 0 Å². The molecule has 0 unspecified atom stereocenters. The Morgan fingerprint density at radius 3 is 2.44 bits per heavy atom. The highest BCUT2D eigenvalue weighted by molar-refractivity contribution is 7.98. The topological polar surface area (TPSA) is 75.7 Å². The van der Waals surface area contributed by atoms with Gasteiger partial charge < -0.3 is 10.1 Å². The van der Waals surface area contributed by atoms with Crippen molar-refractivity contribution in [3.63, 3.8) is 0 Å². The summed E-state index contributed by atoms with van der Waals surface area (Å²) in [5, 5.41) is 2.80. The monoisotopic (exact) mass is 470 g/mol. The summed E-state index contributed by atoms with van der Waals surface area (Å²) in [5.74, 6) is -0.0619. The van der Waals surface area contributed by atoms with E-state index in [1.165, 1.54) is 0 Å². The van der Waals surface area contributed by atoms with Gasteiger partial charge in [0.15, 0.2) is 0 Å². The molecule has 0 aliphatic carbocycles. The first-order valence-corrected chi connectivity index (χ1v) is 12.8. The Kier molecular flexibility index (Phi) is 7.82. The molecule has 0 spiro atoms. The third-order valence-corrected chi connectivity index (χ3v) is 7.18. The van der Waals surface area contributed by atoms with Crippen LogP contribution in [0, 0.1) is 6.92 Å². The fraction of sp³-hybridized carbons (Fsp3) is 0.208. The van der Waals surface area contributed by atoms with Gasteiger partial charge in [0.05, 0.1) is 17.2 Å². The van der Waals surface area contributed by atoms with Crippen LogP contribution in [0.5, 0.6) is 5.75 Å². The molecule has 0 heterocycles. The highest BCUT2D eigenvalue weighted by Gasteiger charge is 2.29. The van der Waals surface area contributed by atoms with Crippen LogP contribution in [0.25, 0.3) is 0 Å². The Morgan fingerprint density at radius 1 is 1.03 bits per heavy atom. The molecule has 8 heteroatoms. The number of amides is 1. The summed E-state index contributed by atoms with van der Waals surface area (Å²) in [4.78, 5) is 14.0. The van der Waals surface area contributed by atoms with Crippen LogP contribution in [0.3, 0.4) is 0 Å². The number of nitrogens with one attached hydrogen (secondary N) is 1. The molecule has 168 valence electrons. The van der Waals surface area contributed by atoms with Gasteiger partial charge in [-0.1, -0.05) is 35.9 Å². The van der Waals surface area contributed by atoms with E-state index in [0.29, 0.717) is 23.7 Å². The summed E-state index contributed by atoms with van der Waals surface area (Å²) in [6.07, 6.45) is 1.95. The number of nitrogens with zero attached hydrogens (tertiary/aromatic N) is 1. The van der Waals surface area contributed by atoms with Crippen molar-refractivity contribution in [1.82, 2.24) is 0 Å². The Morgan fingerprint density at radius 2 is 1.75 bits per heavy atom. The van der Waals surface area contributed by atoms with Crippen LogP contribution in [0.1, 0.15) is 12.5 Å². The van der Waals surface area contributed by atoms with E-state index in [4.69, 9.17) is 4.74 Å². The number of aryl methyl sites for hydroxylation is 1. The maximum absolute atomic E-state index is 13.6. The lowest BCUT2D eigenvalue weighted by Crippen LogP contribution is -2.38. The zero-order valence-corrected chi connectivity index (χ0v) is 19.9. The van der Waals surface area contributed by atoms with Crippen molar-refractivity contribution < 1.29 is 17.9 Å². The average Bonchev–Trinajstić information content (AvgIpc) is 2.78. The number of benzene rings is 3. The first-order valence-electron chi connectivity index (χ1n) is 10.1. The fourth-order valence-corrected chi connectivity index (χ4v) is 5.00. The lowest BCUT2D eigenvalue weighted by Gasteiger charge is -2.26. The zero-order valence-electron chi connectivity index (χ0n) is 18.2. The van der Waals surface area contributed by atoms with Crippen LogP contribution < -0.4 is 14.4 Å². The average molecular weight is 471 g/mol. The maximum atomic E-state index is 13.6. The number of anilines is 2. The third kappa shape index (κ3) is 5.63. The lowest BCUT2D eigenvalue weighted by atomic mass is 10.2. The van der Waals surface area contributed by atoms with Crippen LogP contribution in [0.15, 0.2) is 82.6 Å². The third-order valence-electron chi connectivity index (χ3n) is 4.68. The van der Waals surface area contributed by atoms with E-state index in [0.717, 1.165) is 14.8 Å². The van der Waals surface area contributed by atoms with Crippen LogP contribution in [-0.4, -0.2) is 33.7 Å².